The maximum atomic E-state index is 15.0. The van der Waals surface area contributed by atoms with E-state index in [-0.39, 0.29) is 61.6 Å². The summed E-state index contributed by atoms with van der Waals surface area (Å²) in [6.45, 7) is 9.17. The quantitative estimate of drug-likeness (QED) is 0.126. The monoisotopic (exact) mass is 954 g/mol. The van der Waals surface area contributed by atoms with Gasteiger partial charge in [-0.15, -0.1) is 0 Å². The van der Waals surface area contributed by atoms with Gasteiger partial charge in [0.2, 0.25) is 47.3 Å². The molecular weight excluding hydrogens is 892 g/mol. The molecule has 21 heteroatoms. The van der Waals surface area contributed by atoms with Crippen LogP contribution in [0.1, 0.15) is 84.8 Å². The van der Waals surface area contributed by atoms with Gasteiger partial charge in [0.15, 0.2) is 0 Å². The molecule has 0 spiro atoms. The van der Waals surface area contributed by atoms with E-state index in [1.807, 2.05) is 0 Å². The molecule has 8 amide bonds. The number of hydrogen-bond acceptors (Lipinski definition) is 12. The number of nitrogens with two attached hydrogens (primary N) is 1. The van der Waals surface area contributed by atoms with E-state index in [4.69, 9.17) is 22.1 Å². The number of carbonyl (C=O) groups is 9. The summed E-state index contributed by atoms with van der Waals surface area (Å²) in [4.78, 5) is 127. The minimum atomic E-state index is -1.76. The molecule has 2 aliphatic heterocycles. The van der Waals surface area contributed by atoms with Crippen molar-refractivity contribution in [2.24, 2.45) is 17.6 Å². The molecule has 20 nitrogen and oxygen atoms in total. The predicted molar refractivity (Wildman–Crippen MR) is 243 cm³/mol. The van der Waals surface area contributed by atoms with Gasteiger partial charge in [0.1, 0.15) is 60.4 Å². The number of likely N-dealkylation sites (N-methyl/N-ethyl adjacent to an activating group) is 1. The van der Waals surface area contributed by atoms with Gasteiger partial charge < -0.3 is 57.1 Å². The first kappa shape index (κ1) is 53.3. The number of amides is 8. The summed E-state index contributed by atoms with van der Waals surface area (Å²) >= 11 is 6.26. The van der Waals surface area contributed by atoms with Crippen molar-refractivity contribution in [1.29, 1.82) is 0 Å². The maximum absolute atomic E-state index is 15.0. The Hall–Kier alpha value is -6.28. The lowest BCUT2D eigenvalue weighted by Gasteiger charge is -2.43. The highest BCUT2D eigenvalue weighted by atomic mass is 35.5. The van der Waals surface area contributed by atoms with Crippen LogP contribution in [0.25, 0.3) is 0 Å². The molecule has 0 saturated carbocycles. The van der Waals surface area contributed by atoms with Gasteiger partial charge in [0.25, 0.3) is 0 Å². The van der Waals surface area contributed by atoms with Gasteiger partial charge in [0.05, 0.1) is 5.02 Å². The Morgan fingerprint density at radius 1 is 0.881 bits per heavy atom. The van der Waals surface area contributed by atoms with Crippen molar-refractivity contribution in [3.05, 3.63) is 64.7 Å². The van der Waals surface area contributed by atoms with Gasteiger partial charge in [-0.05, 0) is 67.7 Å². The lowest BCUT2D eigenvalue weighted by atomic mass is 9.95. The molecular formula is C46H63ClN8O12. The molecule has 2 fully saturated rings. The van der Waals surface area contributed by atoms with E-state index < -0.39 is 114 Å². The number of aliphatic hydroxyl groups is 1. The van der Waals surface area contributed by atoms with Crippen LogP contribution in [0.5, 0.6) is 5.75 Å². The van der Waals surface area contributed by atoms with Crippen molar-refractivity contribution in [3.8, 4) is 5.75 Å². The first-order chi connectivity index (χ1) is 31.5. The second kappa shape index (κ2) is 24.0. The topological polar surface area (TPSA) is 296 Å². The Morgan fingerprint density at radius 2 is 1.54 bits per heavy atom. The molecule has 2 bridgehead atoms. The molecule has 2 heterocycles. The van der Waals surface area contributed by atoms with Crippen molar-refractivity contribution in [1.82, 2.24) is 36.4 Å². The second-order valence-corrected chi connectivity index (χ2v) is 18.2. The SMILES string of the molecule is CC(=O)N[C@@H](CCC(N)=O)C(=O)NC1C(=O)N[C@@H](CC(C)C)C(=O)N[C@H]2CC[C@@H](O)N(C2=O)[C@H](Cc2ccccc2)C(=O)N(C)[C@@H](Cc2ccc(O)c(Cl)c2)C(=O)N[C@@H](C(C)C)C(=O)O[C@H]1C. The summed E-state index contributed by atoms with van der Waals surface area (Å²) in [5.74, 6) is -8.87. The first-order valence-electron chi connectivity index (χ1n) is 22.2. The van der Waals surface area contributed by atoms with E-state index >= 15 is 4.79 Å². The number of rotatable bonds is 13. The molecule has 2 aliphatic rings. The smallest absolute Gasteiger partial charge is 0.329 e. The summed E-state index contributed by atoms with van der Waals surface area (Å²) in [6, 6.07) is 2.74. The van der Waals surface area contributed by atoms with Crippen LogP contribution in [-0.4, -0.2) is 135 Å². The second-order valence-electron chi connectivity index (χ2n) is 17.8. The van der Waals surface area contributed by atoms with Crippen molar-refractivity contribution in [3.63, 3.8) is 0 Å². The molecule has 2 saturated heterocycles. The van der Waals surface area contributed by atoms with Crippen LogP contribution in [-0.2, 0) is 60.7 Å². The summed E-state index contributed by atoms with van der Waals surface area (Å²) < 4.78 is 5.82. The van der Waals surface area contributed by atoms with Crippen LogP contribution >= 0.6 is 11.6 Å². The van der Waals surface area contributed by atoms with Gasteiger partial charge >= 0.3 is 5.97 Å². The summed E-state index contributed by atoms with van der Waals surface area (Å²) in [7, 11) is 1.33. The number of aliphatic hydroxyl groups excluding tert-OH is 1. The highest BCUT2D eigenvalue weighted by molar-refractivity contribution is 6.32. The van der Waals surface area contributed by atoms with Crippen molar-refractivity contribution in [2.75, 3.05) is 7.05 Å². The molecule has 0 aliphatic carbocycles. The third-order valence-electron chi connectivity index (χ3n) is 11.6. The number of nitrogens with zero attached hydrogens (tertiary/aromatic N) is 2. The van der Waals surface area contributed by atoms with Crippen LogP contribution in [0.15, 0.2) is 48.5 Å². The van der Waals surface area contributed by atoms with Crippen LogP contribution in [0.3, 0.4) is 0 Å². The zero-order valence-electron chi connectivity index (χ0n) is 38.7. The van der Waals surface area contributed by atoms with Crippen LogP contribution < -0.4 is 32.3 Å². The number of phenols is 1. The number of esters is 1. The number of cyclic esters (lactones) is 1. The fourth-order valence-corrected chi connectivity index (χ4v) is 8.20. The molecule has 2 aromatic carbocycles. The number of carbonyl (C=O) groups excluding carboxylic acids is 9. The number of piperidine rings is 1. The Morgan fingerprint density at radius 3 is 2.13 bits per heavy atom. The van der Waals surface area contributed by atoms with E-state index in [1.165, 1.54) is 32.2 Å². The number of fused-ring (bicyclic) bond motifs is 2. The molecule has 0 aromatic heterocycles. The number of benzene rings is 2. The molecule has 9 N–H and O–H groups in total. The standard InChI is InChI=1S/C46H63ClN8O12/c1-23(2)19-32-41(61)50-31-15-18-37(59)55(44(31)64)34(21-27-11-9-8-10-12-27)45(65)54(7)33(22-28-13-16-35(57)29(47)20-28)42(62)52-38(24(3)4)46(66)67-25(5)39(43(63)51-32)53-40(60)30(49-26(6)56)14-17-36(48)58/h8-13,16,20,23-25,30-34,37-39,57,59H,14-15,17-19,21-22H2,1-7H3,(H2,48,58)(H,49,56)(H,50,61)(H,51,63)(H,52,62)(H,53,60)/t25-,30-,31-,32-,33-,34+,37+,38-,39?/m0/s1. The summed E-state index contributed by atoms with van der Waals surface area (Å²) in [5.41, 5.74) is 6.30. The van der Waals surface area contributed by atoms with Gasteiger partial charge in [-0.2, -0.15) is 0 Å². The average Bonchev–Trinajstić information content (AvgIpc) is 3.25. The number of ether oxygens (including phenoxy) is 1. The van der Waals surface area contributed by atoms with Crippen LogP contribution in [0.2, 0.25) is 5.02 Å². The van der Waals surface area contributed by atoms with E-state index in [2.05, 4.69) is 26.6 Å². The van der Waals surface area contributed by atoms with Gasteiger partial charge in [-0.1, -0.05) is 75.7 Å². The fraction of sp³-hybridized carbons (Fsp3) is 0.543. The largest absolute Gasteiger partial charge is 0.506 e. The third-order valence-corrected chi connectivity index (χ3v) is 11.9. The van der Waals surface area contributed by atoms with Crippen molar-refractivity contribution < 1.29 is 58.1 Å². The number of aromatic hydroxyl groups is 1. The Labute approximate surface area is 394 Å². The normalized spacial score (nSPS) is 25.2. The lowest BCUT2D eigenvalue weighted by molar-refractivity contribution is -0.165. The molecule has 67 heavy (non-hydrogen) atoms. The highest BCUT2D eigenvalue weighted by Gasteiger charge is 2.46. The number of hydrogen-bond donors (Lipinski definition) is 8. The van der Waals surface area contributed by atoms with Gasteiger partial charge in [-0.25, -0.2) is 4.79 Å². The Bertz CT molecular complexity index is 2160. The van der Waals surface area contributed by atoms with Crippen molar-refractivity contribution in [2.45, 2.75) is 141 Å². The summed E-state index contributed by atoms with van der Waals surface area (Å²) in [5, 5.41) is 34.6. The molecule has 2 aromatic rings. The Balaban J connectivity index is 1.89. The van der Waals surface area contributed by atoms with E-state index in [0.717, 1.165) is 16.7 Å². The minimum Gasteiger partial charge on any atom is -0.506 e. The molecule has 4 rings (SSSR count). The van der Waals surface area contributed by atoms with E-state index in [9.17, 15) is 48.6 Å². The lowest BCUT2D eigenvalue weighted by Crippen LogP contribution is -2.65. The molecule has 9 atom stereocenters. The summed E-state index contributed by atoms with van der Waals surface area (Å²) in [6.07, 6.45) is -4.10. The van der Waals surface area contributed by atoms with Crippen LogP contribution in [0, 0.1) is 11.8 Å². The van der Waals surface area contributed by atoms with Crippen molar-refractivity contribution >= 4 is 64.8 Å². The number of phenolic OH excluding ortho intramolecular Hbond substituents is 1. The first-order valence-corrected chi connectivity index (χ1v) is 22.6. The number of primary amides is 1. The zero-order valence-corrected chi connectivity index (χ0v) is 39.5. The molecule has 1 unspecified atom stereocenters. The average molecular weight is 956 g/mol. The van der Waals surface area contributed by atoms with Crippen LogP contribution in [0.4, 0.5) is 0 Å². The van der Waals surface area contributed by atoms with E-state index in [1.54, 1.807) is 58.0 Å². The predicted octanol–water partition coefficient (Wildman–Crippen LogP) is 0.324. The third kappa shape index (κ3) is 14.6. The van der Waals surface area contributed by atoms with Gasteiger partial charge in [-0.3, -0.25) is 38.4 Å². The number of nitrogens with one attached hydrogen (secondary N) is 5. The molecule has 0 radical (unpaired) electrons. The van der Waals surface area contributed by atoms with E-state index in [0.29, 0.717) is 11.1 Å². The molecule has 366 valence electrons. The minimum absolute atomic E-state index is 0.0157. The number of halogens is 1. The fourth-order valence-electron chi connectivity index (χ4n) is 8.00. The highest BCUT2D eigenvalue weighted by Crippen LogP contribution is 2.27. The van der Waals surface area contributed by atoms with Gasteiger partial charge in [0, 0.05) is 33.2 Å². The zero-order chi connectivity index (χ0) is 49.9. The Kier molecular flexibility index (Phi) is 19.1. The maximum Gasteiger partial charge on any atom is 0.329 e.